The highest BCUT2D eigenvalue weighted by Gasteiger charge is 2.40. The van der Waals surface area contributed by atoms with E-state index in [0.29, 0.717) is 50.9 Å². The van der Waals surface area contributed by atoms with Crippen LogP contribution in [-0.2, 0) is 27.2 Å². The van der Waals surface area contributed by atoms with Gasteiger partial charge in [-0.3, -0.25) is 19.4 Å². The number of hydrogen-bond acceptors (Lipinski definition) is 7. The zero-order chi connectivity index (χ0) is 30.6. The zero-order valence-electron chi connectivity index (χ0n) is 23.9. The number of nitrogens with zero attached hydrogens (tertiary/aromatic N) is 2. The Kier molecular flexibility index (Phi) is 12.0. The normalized spacial score (nSPS) is 17.7. The molecule has 4 atom stereocenters. The molecule has 12 nitrogen and oxygen atoms in total. The van der Waals surface area contributed by atoms with E-state index in [9.17, 15) is 29.7 Å². The minimum atomic E-state index is -1.42. The molecule has 1 aliphatic rings. The fraction of sp³-hybridized carbons (Fsp3) is 0.467. The summed E-state index contributed by atoms with van der Waals surface area (Å²) in [6.45, 7) is 3.21. The van der Waals surface area contributed by atoms with Crippen LogP contribution in [0.4, 0.5) is 0 Å². The maximum Gasteiger partial charge on any atom is 0.249 e. The number of aromatic hydroxyl groups is 2. The highest BCUT2D eigenvalue weighted by atomic mass is 16.3. The van der Waals surface area contributed by atoms with Crippen LogP contribution in [0.3, 0.4) is 0 Å². The highest BCUT2D eigenvalue weighted by Crippen LogP contribution is 2.25. The van der Waals surface area contributed by atoms with Crippen LogP contribution in [0.15, 0.2) is 53.5 Å². The van der Waals surface area contributed by atoms with Gasteiger partial charge in [0.05, 0.1) is 0 Å². The van der Waals surface area contributed by atoms with Crippen molar-refractivity contribution in [2.75, 3.05) is 19.6 Å². The lowest BCUT2D eigenvalue weighted by molar-refractivity contribution is -0.142. The summed E-state index contributed by atoms with van der Waals surface area (Å²) in [6, 6.07) is 11.0. The van der Waals surface area contributed by atoms with Gasteiger partial charge < -0.3 is 42.3 Å². The summed E-state index contributed by atoms with van der Waals surface area (Å²) in [5, 5.41) is 35.3. The van der Waals surface area contributed by atoms with E-state index < -0.39 is 30.0 Å². The van der Waals surface area contributed by atoms with Gasteiger partial charge in [0, 0.05) is 26.1 Å². The Hall–Kier alpha value is -4.32. The second-order valence-electron chi connectivity index (χ2n) is 10.8. The van der Waals surface area contributed by atoms with E-state index >= 15 is 0 Å². The number of hydrogen-bond donors (Lipinski definition) is 7. The number of guanidine groups is 1. The van der Waals surface area contributed by atoms with Gasteiger partial charge in [0.2, 0.25) is 17.7 Å². The van der Waals surface area contributed by atoms with Crippen molar-refractivity contribution in [1.82, 2.24) is 15.5 Å². The number of aliphatic hydroxyl groups excluding tert-OH is 1. The van der Waals surface area contributed by atoms with E-state index in [-0.39, 0.29) is 42.1 Å². The van der Waals surface area contributed by atoms with E-state index in [1.807, 2.05) is 6.92 Å². The van der Waals surface area contributed by atoms with Crippen molar-refractivity contribution in [3.8, 4) is 11.5 Å². The summed E-state index contributed by atoms with van der Waals surface area (Å²) in [5.74, 6) is -1.06. The van der Waals surface area contributed by atoms with Crippen molar-refractivity contribution in [3.05, 3.63) is 59.7 Å². The predicted molar refractivity (Wildman–Crippen MR) is 158 cm³/mol. The fourth-order valence-corrected chi connectivity index (χ4v) is 4.96. The molecule has 0 aromatic heterocycles. The third-order valence-corrected chi connectivity index (χ3v) is 7.22. The average Bonchev–Trinajstić information content (AvgIpc) is 3.35. The molecule has 1 saturated heterocycles. The third-order valence-electron chi connectivity index (χ3n) is 7.22. The van der Waals surface area contributed by atoms with Crippen LogP contribution in [0.5, 0.6) is 11.5 Å². The molecule has 9 N–H and O–H groups in total. The number of amides is 3. The standard InChI is InChI=1S/C30H42N6O6/c1-19-16-25(27(40)33-14-2-3-15-34-30(31)32)36(18-19)29(42)24(13-8-20-4-9-22(37)10-5-20)35-28(41)26(39)17-21-6-11-23(38)12-7-21/h4-7,9-12,19,24-26,37-39H,2-3,8,13-18H2,1H3,(H,33,40)(H,35,41)(H4,31,32,34). The smallest absolute Gasteiger partial charge is 0.249 e. The first-order valence-corrected chi connectivity index (χ1v) is 14.2. The number of nitrogens with two attached hydrogens (primary N) is 2. The number of carbonyl (C=O) groups excluding carboxylic acids is 3. The Morgan fingerprint density at radius 3 is 2.24 bits per heavy atom. The molecule has 42 heavy (non-hydrogen) atoms. The SMILES string of the molecule is CC1CC(C(=O)NCCCCN=C(N)N)N(C(=O)C(CCc2ccc(O)cc2)NC(=O)C(O)Cc2ccc(O)cc2)C1. The number of likely N-dealkylation sites (tertiary alicyclic amines) is 1. The average molecular weight is 583 g/mol. The van der Waals surface area contributed by atoms with E-state index in [1.165, 1.54) is 17.0 Å². The first kappa shape index (κ1) is 32.2. The van der Waals surface area contributed by atoms with E-state index in [1.54, 1.807) is 36.4 Å². The molecule has 0 bridgehead atoms. The second-order valence-corrected chi connectivity index (χ2v) is 10.8. The van der Waals surface area contributed by atoms with Gasteiger partial charge in [0.15, 0.2) is 5.96 Å². The topological polar surface area (TPSA) is 204 Å². The number of unbranched alkanes of at least 4 members (excludes halogenated alkanes) is 1. The van der Waals surface area contributed by atoms with Crippen LogP contribution in [0.2, 0.25) is 0 Å². The van der Waals surface area contributed by atoms with Crippen molar-refractivity contribution in [2.45, 2.75) is 63.6 Å². The van der Waals surface area contributed by atoms with Crippen LogP contribution in [0, 0.1) is 5.92 Å². The van der Waals surface area contributed by atoms with Crippen molar-refractivity contribution in [2.24, 2.45) is 22.4 Å². The van der Waals surface area contributed by atoms with Gasteiger partial charge in [-0.05, 0) is 73.4 Å². The molecule has 3 rings (SSSR count). The van der Waals surface area contributed by atoms with Crippen LogP contribution in [0.1, 0.15) is 43.7 Å². The van der Waals surface area contributed by atoms with Gasteiger partial charge >= 0.3 is 0 Å². The van der Waals surface area contributed by atoms with Gasteiger partial charge in [-0.15, -0.1) is 0 Å². The fourth-order valence-electron chi connectivity index (χ4n) is 4.96. The largest absolute Gasteiger partial charge is 0.508 e. The Morgan fingerprint density at radius 1 is 1.00 bits per heavy atom. The minimum absolute atomic E-state index is 0.0000501. The molecule has 4 unspecified atom stereocenters. The molecule has 2 aromatic rings. The summed E-state index contributed by atoms with van der Waals surface area (Å²) < 4.78 is 0. The molecule has 228 valence electrons. The van der Waals surface area contributed by atoms with Crippen molar-refractivity contribution >= 4 is 23.7 Å². The van der Waals surface area contributed by atoms with Crippen LogP contribution >= 0.6 is 0 Å². The summed E-state index contributed by atoms with van der Waals surface area (Å²) in [7, 11) is 0. The highest BCUT2D eigenvalue weighted by molar-refractivity contribution is 5.93. The van der Waals surface area contributed by atoms with E-state index in [4.69, 9.17) is 11.5 Å². The molecule has 3 amide bonds. The number of benzene rings is 2. The number of aliphatic hydroxyl groups is 1. The van der Waals surface area contributed by atoms with E-state index in [0.717, 1.165) is 5.56 Å². The summed E-state index contributed by atoms with van der Waals surface area (Å²) in [4.78, 5) is 45.4. The van der Waals surface area contributed by atoms with Crippen LogP contribution in [0.25, 0.3) is 0 Å². The van der Waals surface area contributed by atoms with Crippen molar-refractivity contribution < 1.29 is 29.7 Å². The van der Waals surface area contributed by atoms with Gasteiger partial charge in [-0.25, -0.2) is 0 Å². The Bertz CT molecular complexity index is 1220. The molecule has 0 saturated carbocycles. The second kappa shape index (κ2) is 15.6. The molecule has 1 aliphatic heterocycles. The molecule has 1 heterocycles. The van der Waals surface area contributed by atoms with Crippen LogP contribution < -0.4 is 22.1 Å². The molecule has 2 aromatic carbocycles. The molecule has 12 heteroatoms. The predicted octanol–water partition coefficient (Wildman–Crippen LogP) is 0.526. The Balaban J connectivity index is 1.68. The summed E-state index contributed by atoms with van der Waals surface area (Å²) in [6.07, 6.45) is 1.08. The molecular weight excluding hydrogens is 540 g/mol. The monoisotopic (exact) mass is 582 g/mol. The zero-order valence-corrected chi connectivity index (χ0v) is 23.9. The number of phenols is 2. The first-order valence-electron chi connectivity index (χ1n) is 14.2. The lowest BCUT2D eigenvalue weighted by Gasteiger charge is -2.29. The Labute approximate surface area is 245 Å². The summed E-state index contributed by atoms with van der Waals surface area (Å²) in [5.41, 5.74) is 12.2. The van der Waals surface area contributed by atoms with Crippen LogP contribution in [-0.4, -0.2) is 81.7 Å². The minimum Gasteiger partial charge on any atom is -0.508 e. The number of aliphatic imine (C=N–C) groups is 1. The number of carbonyl (C=O) groups is 3. The lowest BCUT2D eigenvalue weighted by Crippen LogP contribution is -2.55. The number of phenolic OH excluding ortho intramolecular Hbond substituents is 2. The summed E-state index contributed by atoms with van der Waals surface area (Å²) >= 11 is 0. The maximum atomic E-state index is 13.9. The number of rotatable bonds is 14. The first-order chi connectivity index (χ1) is 20.0. The van der Waals surface area contributed by atoms with Gasteiger partial charge in [-0.2, -0.15) is 0 Å². The molecular formula is C30H42N6O6. The number of aryl methyl sites for hydroxylation is 1. The van der Waals surface area contributed by atoms with Crippen molar-refractivity contribution in [3.63, 3.8) is 0 Å². The third kappa shape index (κ3) is 9.95. The maximum absolute atomic E-state index is 13.9. The van der Waals surface area contributed by atoms with E-state index in [2.05, 4.69) is 15.6 Å². The lowest BCUT2D eigenvalue weighted by atomic mass is 10.0. The van der Waals surface area contributed by atoms with Gasteiger partial charge in [0.25, 0.3) is 0 Å². The molecule has 0 spiro atoms. The number of nitrogens with one attached hydrogen (secondary N) is 2. The van der Waals surface area contributed by atoms with Gasteiger partial charge in [0.1, 0.15) is 29.7 Å². The quantitative estimate of drug-likeness (QED) is 0.0948. The molecule has 0 radical (unpaired) electrons. The van der Waals surface area contributed by atoms with Crippen molar-refractivity contribution in [1.29, 1.82) is 0 Å². The molecule has 0 aliphatic carbocycles. The molecule has 1 fully saturated rings. The van der Waals surface area contributed by atoms with Gasteiger partial charge in [-0.1, -0.05) is 31.2 Å². The Morgan fingerprint density at radius 2 is 1.62 bits per heavy atom.